The van der Waals surface area contributed by atoms with Crippen LogP contribution in [0, 0.1) is 0 Å². The number of hydrogen-bond acceptors (Lipinski definition) is 16. The van der Waals surface area contributed by atoms with Crippen molar-refractivity contribution >= 4 is 32.7 Å². The van der Waals surface area contributed by atoms with E-state index in [2.05, 4.69) is 57.6 Å². The minimum Gasteiger partial charge on any atom is -0.492 e. The van der Waals surface area contributed by atoms with Crippen LogP contribution in [0.25, 0.3) is 49.8 Å². The van der Waals surface area contributed by atoms with Gasteiger partial charge in [0.05, 0.1) is 94.3 Å². The Morgan fingerprint density at radius 1 is 0.432 bits per heavy atom. The van der Waals surface area contributed by atoms with E-state index >= 15 is 0 Å². The molecule has 9 aromatic rings. The number of para-hydroxylation sites is 9. The zero-order chi connectivity index (χ0) is 61.7. The molecular weight excluding hydrogens is 1110 g/mol. The average Bonchev–Trinajstić information content (AvgIpc) is 0.891. The first-order valence-electron chi connectivity index (χ1n) is 31.1. The van der Waals surface area contributed by atoms with Gasteiger partial charge in [0, 0.05) is 85.1 Å². The van der Waals surface area contributed by atoms with Crippen molar-refractivity contribution < 1.29 is 19.3 Å². The van der Waals surface area contributed by atoms with Gasteiger partial charge in [-0.15, -0.1) is 0 Å². The topological polar surface area (TPSA) is 181 Å². The van der Waals surface area contributed by atoms with Crippen LogP contribution < -0.4 is 36.2 Å². The van der Waals surface area contributed by atoms with Crippen LogP contribution in [0.15, 0.2) is 160 Å². The van der Waals surface area contributed by atoms with Gasteiger partial charge in [0.25, 0.3) is 16.7 Å². The second kappa shape index (κ2) is 29.7. The molecule has 0 spiro atoms. The first kappa shape index (κ1) is 62.9. The van der Waals surface area contributed by atoms with Crippen LogP contribution in [0.3, 0.4) is 0 Å². The summed E-state index contributed by atoms with van der Waals surface area (Å²) in [5.74, 6) is 4.28. The number of β-amino-alcohol motifs (C(OH)–C–C–N with tert-alkyl or cyclic N) is 1. The number of hydrogen-bond donors (Lipinski definition) is 2. The highest BCUT2D eigenvalue weighted by Crippen LogP contribution is 2.32. The third-order valence-corrected chi connectivity index (χ3v) is 16.9. The fourth-order valence-corrected chi connectivity index (χ4v) is 12.0. The van der Waals surface area contributed by atoms with Gasteiger partial charge in [-0.1, -0.05) is 72.8 Å². The molecule has 3 aliphatic rings. The molecule has 2 N–H and O–H groups in total. The normalized spacial score (nSPS) is 16.5. The van der Waals surface area contributed by atoms with Crippen LogP contribution in [0.4, 0.5) is 0 Å². The Morgan fingerprint density at radius 3 is 1.08 bits per heavy atom. The van der Waals surface area contributed by atoms with Gasteiger partial charge < -0.3 is 29.5 Å². The van der Waals surface area contributed by atoms with E-state index in [9.17, 15) is 19.5 Å². The van der Waals surface area contributed by atoms with Crippen molar-refractivity contribution in [2.45, 2.75) is 59.7 Å². The number of aromatic nitrogens is 6. The number of piperazine rings is 3. The molecule has 0 bridgehead atoms. The van der Waals surface area contributed by atoms with Gasteiger partial charge >= 0.3 is 0 Å². The SMILES string of the molecule is CCOc1ccccc1-n1c(C(C)N2CCN(C)CC2)nc2ccccc2c1=O.CCOc1ccccc1-n1c(C(C)N2CCN(CCO)CC2)nc2ccccc2c1=O.CCOc1ccccc1-n1c(C(C)N2CCNCC2)nc2ccccc2c1=O. The zero-order valence-corrected chi connectivity index (χ0v) is 51.9. The van der Waals surface area contributed by atoms with E-state index < -0.39 is 0 Å². The molecule has 0 amide bonds. The summed E-state index contributed by atoms with van der Waals surface area (Å²) in [6.45, 7) is 25.8. The maximum atomic E-state index is 13.6. The summed E-state index contributed by atoms with van der Waals surface area (Å²) >= 11 is 0. The quantitative estimate of drug-likeness (QED) is 0.0888. The molecule has 88 heavy (non-hydrogen) atoms. The van der Waals surface area contributed by atoms with Crippen molar-refractivity contribution in [1.82, 2.24) is 58.5 Å². The van der Waals surface area contributed by atoms with E-state index in [1.165, 1.54) is 0 Å². The molecule has 3 unspecified atom stereocenters. The summed E-state index contributed by atoms with van der Waals surface area (Å²) in [6, 6.07) is 45.6. The summed E-state index contributed by atoms with van der Waals surface area (Å²) in [5, 5.41) is 14.4. The van der Waals surface area contributed by atoms with Gasteiger partial charge in [0.15, 0.2) is 0 Å². The lowest BCUT2D eigenvalue weighted by atomic mass is 10.1. The largest absolute Gasteiger partial charge is 0.492 e. The Morgan fingerprint density at radius 2 is 0.739 bits per heavy atom. The molecule has 0 saturated carbocycles. The maximum Gasteiger partial charge on any atom is 0.266 e. The molecule has 6 heterocycles. The van der Waals surface area contributed by atoms with Gasteiger partial charge in [-0.25, -0.2) is 15.0 Å². The van der Waals surface area contributed by atoms with E-state index in [4.69, 9.17) is 29.2 Å². The van der Waals surface area contributed by atoms with E-state index in [1.807, 2.05) is 166 Å². The Kier molecular flexibility index (Phi) is 21.2. The molecule has 3 fully saturated rings. The third-order valence-electron chi connectivity index (χ3n) is 16.9. The summed E-state index contributed by atoms with van der Waals surface area (Å²) < 4.78 is 22.7. The van der Waals surface area contributed by atoms with E-state index in [0.29, 0.717) is 76.8 Å². The molecule has 3 aliphatic heterocycles. The number of rotatable bonds is 17. The lowest BCUT2D eigenvalue weighted by Crippen LogP contribution is -2.48. The van der Waals surface area contributed by atoms with Crippen molar-refractivity contribution in [1.29, 1.82) is 0 Å². The van der Waals surface area contributed by atoms with Crippen LogP contribution in [-0.4, -0.2) is 177 Å². The van der Waals surface area contributed by atoms with Gasteiger partial charge in [-0.2, -0.15) is 0 Å². The highest BCUT2D eigenvalue weighted by Gasteiger charge is 2.30. The van der Waals surface area contributed by atoms with Crippen LogP contribution in [0.5, 0.6) is 17.2 Å². The molecular formula is C69H84N12O7. The molecule has 3 saturated heterocycles. The van der Waals surface area contributed by atoms with Crippen molar-refractivity contribution in [2.75, 3.05) is 119 Å². The van der Waals surface area contributed by atoms with E-state index in [0.717, 1.165) is 113 Å². The van der Waals surface area contributed by atoms with Crippen LogP contribution in [-0.2, 0) is 0 Å². The molecule has 19 heteroatoms. The third kappa shape index (κ3) is 13.9. The lowest BCUT2D eigenvalue weighted by Gasteiger charge is -2.38. The maximum absolute atomic E-state index is 13.6. The summed E-state index contributed by atoms with van der Waals surface area (Å²) in [7, 11) is 2.14. The van der Waals surface area contributed by atoms with Gasteiger partial charge in [0.2, 0.25) is 0 Å². The van der Waals surface area contributed by atoms with Gasteiger partial charge in [0.1, 0.15) is 34.7 Å². The van der Waals surface area contributed by atoms with Crippen molar-refractivity contribution in [3.05, 3.63) is 194 Å². The van der Waals surface area contributed by atoms with Gasteiger partial charge in [-0.3, -0.25) is 47.7 Å². The number of aliphatic hydroxyl groups excluding tert-OH is 1. The van der Waals surface area contributed by atoms with Crippen molar-refractivity contribution in [3.63, 3.8) is 0 Å². The fourth-order valence-electron chi connectivity index (χ4n) is 12.0. The number of likely N-dealkylation sites (N-methyl/N-ethyl adjacent to an activating group) is 1. The Hall–Kier alpha value is -8.14. The molecule has 6 aromatic carbocycles. The number of fused-ring (bicyclic) bond motifs is 3. The molecule has 19 nitrogen and oxygen atoms in total. The van der Waals surface area contributed by atoms with E-state index in [-0.39, 0.29) is 41.4 Å². The highest BCUT2D eigenvalue weighted by molar-refractivity contribution is 5.80. The molecule has 0 aliphatic carbocycles. The van der Waals surface area contributed by atoms with Gasteiger partial charge in [-0.05, 0) is 121 Å². The Labute approximate surface area is 515 Å². The molecule has 0 radical (unpaired) electrons. The lowest BCUT2D eigenvalue weighted by molar-refractivity contribution is 0.0854. The van der Waals surface area contributed by atoms with Crippen LogP contribution >= 0.6 is 0 Å². The summed E-state index contributed by atoms with van der Waals surface area (Å²) in [4.78, 5) is 67.3. The Bertz CT molecular complexity index is 3980. The van der Waals surface area contributed by atoms with Crippen molar-refractivity contribution in [3.8, 4) is 34.3 Å². The van der Waals surface area contributed by atoms with Crippen molar-refractivity contribution in [2.24, 2.45) is 0 Å². The minimum absolute atomic E-state index is 0.00842. The first-order valence-corrected chi connectivity index (χ1v) is 31.1. The highest BCUT2D eigenvalue weighted by atomic mass is 16.5. The monoisotopic (exact) mass is 1190 g/mol. The summed E-state index contributed by atoms with van der Waals surface area (Å²) in [6.07, 6.45) is 0. The van der Waals surface area contributed by atoms with Crippen LogP contribution in [0.1, 0.15) is 77.1 Å². The molecule has 3 atom stereocenters. The average molecular weight is 1190 g/mol. The predicted molar refractivity (Wildman–Crippen MR) is 349 cm³/mol. The smallest absolute Gasteiger partial charge is 0.266 e. The second-order valence-electron chi connectivity index (χ2n) is 22.3. The number of nitrogens with one attached hydrogen (secondary N) is 1. The Balaban J connectivity index is 0.000000146. The summed E-state index contributed by atoms with van der Waals surface area (Å²) in [5.41, 5.74) is 4.17. The molecule has 3 aromatic heterocycles. The van der Waals surface area contributed by atoms with E-state index in [1.54, 1.807) is 13.7 Å². The second-order valence-corrected chi connectivity index (χ2v) is 22.3. The number of ether oxygens (including phenoxy) is 3. The standard InChI is InChI=1S/C24H30N4O3.C23H28N4O2.C22H26N4O2/c1-3-31-22-11-7-6-10-21(22)28-23(25-20-9-5-4-8-19(20)24(28)30)18(2)27-14-12-26(13-15-27)16-17-29;1-4-29-21-12-8-7-11-20(21)27-22(17(2)26-15-13-25(3)14-16-26)24-19-10-6-5-9-18(19)23(27)28;1-3-28-20-11-7-6-10-19(20)26-21(16(2)25-14-12-23-13-15-25)24-18-9-5-4-8-17(18)22(26)27/h4-11,18,29H,3,12-17H2,1-2H3;5-12,17H,4,13-16H2,1-3H3;4-11,16,23H,3,12-15H2,1-2H3. The number of benzene rings is 6. The zero-order valence-electron chi connectivity index (χ0n) is 51.9. The minimum atomic E-state index is -0.0847. The fraction of sp³-hybridized carbons (Fsp3) is 0.391. The molecule has 12 rings (SSSR count). The first-order chi connectivity index (χ1) is 42.9. The molecule has 462 valence electrons. The number of nitrogens with zero attached hydrogens (tertiary/aromatic N) is 11. The number of aliphatic hydroxyl groups is 1. The van der Waals surface area contributed by atoms with Crippen LogP contribution in [0.2, 0.25) is 0 Å². The predicted octanol–water partition coefficient (Wildman–Crippen LogP) is 8.30.